The molecule has 19 heavy (non-hydrogen) atoms. The van der Waals surface area contributed by atoms with Crippen LogP contribution < -0.4 is 10.9 Å². The zero-order valence-corrected chi connectivity index (χ0v) is 11.7. The van der Waals surface area contributed by atoms with E-state index in [1.54, 1.807) is 19.0 Å². The summed E-state index contributed by atoms with van der Waals surface area (Å²) in [5, 5.41) is 4.76. The molecule has 0 bridgehead atoms. The molecule has 2 aromatic heterocycles. The first-order chi connectivity index (χ1) is 9.11. The van der Waals surface area contributed by atoms with Crippen LogP contribution in [-0.4, -0.2) is 41.4 Å². The molecule has 0 radical (unpaired) electrons. The minimum absolute atomic E-state index is 0.0161. The largest absolute Gasteiger partial charge is 0.338 e. The molecule has 0 unspecified atom stereocenters. The number of rotatable bonds is 5. The van der Waals surface area contributed by atoms with Crippen molar-refractivity contribution in [2.45, 2.75) is 13.0 Å². The van der Waals surface area contributed by atoms with E-state index in [9.17, 15) is 9.59 Å². The summed E-state index contributed by atoms with van der Waals surface area (Å²) in [5.74, 6) is 0.527. The van der Waals surface area contributed by atoms with E-state index in [4.69, 9.17) is 0 Å². The molecule has 0 aromatic carbocycles. The van der Waals surface area contributed by atoms with Crippen molar-refractivity contribution in [2.24, 2.45) is 0 Å². The summed E-state index contributed by atoms with van der Waals surface area (Å²) >= 11 is 1.36. The van der Waals surface area contributed by atoms with Gasteiger partial charge in [-0.3, -0.25) is 9.59 Å². The third-order valence-corrected chi connectivity index (χ3v) is 3.67. The molecule has 6 nitrogen and oxygen atoms in total. The quantitative estimate of drug-likeness (QED) is 0.838. The molecular formula is C12H16N4O2S. The van der Waals surface area contributed by atoms with Gasteiger partial charge in [0.1, 0.15) is 10.5 Å². The van der Waals surface area contributed by atoms with Crippen molar-refractivity contribution in [1.82, 2.24) is 20.2 Å². The van der Waals surface area contributed by atoms with Gasteiger partial charge in [-0.05, 0) is 18.5 Å². The second kappa shape index (κ2) is 5.94. The van der Waals surface area contributed by atoms with E-state index in [0.29, 0.717) is 35.6 Å². The van der Waals surface area contributed by atoms with Crippen molar-refractivity contribution in [3.8, 4) is 0 Å². The highest BCUT2D eigenvalue weighted by Crippen LogP contribution is 2.14. The van der Waals surface area contributed by atoms with Gasteiger partial charge in [0.15, 0.2) is 0 Å². The normalized spacial score (nSPS) is 10.8. The van der Waals surface area contributed by atoms with Crippen molar-refractivity contribution in [3.05, 3.63) is 27.6 Å². The topological polar surface area (TPSA) is 78.1 Å². The van der Waals surface area contributed by atoms with Crippen LogP contribution in [0.15, 0.2) is 16.2 Å². The average Bonchev–Trinajstić information content (AvgIpc) is 2.84. The molecule has 0 aliphatic heterocycles. The molecule has 102 valence electrons. The standard InChI is InChI=1S/C12H16N4O2S/c1-13-5-3-10(17)16(2)7-9-14-8-4-6-19-11(8)12(18)15-9/h4,6,13H,3,5,7H2,1-2H3,(H,14,15,18). The number of nitrogens with zero attached hydrogens (tertiary/aromatic N) is 2. The molecule has 0 saturated carbocycles. The molecule has 0 aliphatic carbocycles. The van der Waals surface area contributed by atoms with E-state index in [1.165, 1.54) is 11.3 Å². The highest BCUT2D eigenvalue weighted by Gasteiger charge is 2.11. The van der Waals surface area contributed by atoms with Gasteiger partial charge in [0.2, 0.25) is 5.91 Å². The summed E-state index contributed by atoms with van der Waals surface area (Å²) in [6.07, 6.45) is 0.428. The van der Waals surface area contributed by atoms with E-state index in [-0.39, 0.29) is 11.5 Å². The Morgan fingerprint density at radius 1 is 1.58 bits per heavy atom. The number of hydrogen-bond acceptors (Lipinski definition) is 5. The molecule has 2 heterocycles. The fourth-order valence-corrected chi connectivity index (χ4v) is 2.46. The molecule has 7 heteroatoms. The lowest BCUT2D eigenvalue weighted by atomic mass is 10.3. The molecule has 2 aromatic rings. The number of nitrogens with one attached hydrogen (secondary N) is 2. The molecule has 0 saturated heterocycles. The van der Waals surface area contributed by atoms with E-state index in [0.717, 1.165) is 0 Å². The van der Waals surface area contributed by atoms with Crippen molar-refractivity contribution < 1.29 is 4.79 Å². The average molecular weight is 280 g/mol. The number of aromatic amines is 1. The molecule has 0 spiro atoms. The van der Waals surface area contributed by atoms with Crippen LogP contribution >= 0.6 is 11.3 Å². The lowest BCUT2D eigenvalue weighted by Crippen LogP contribution is -2.30. The van der Waals surface area contributed by atoms with E-state index in [2.05, 4.69) is 15.3 Å². The van der Waals surface area contributed by atoms with E-state index >= 15 is 0 Å². The lowest BCUT2D eigenvalue weighted by molar-refractivity contribution is -0.130. The van der Waals surface area contributed by atoms with Crippen LogP contribution in [0.25, 0.3) is 10.2 Å². The van der Waals surface area contributed by atoms with Crippen molar-refractivity contribution in [3.63, 3.8) is 0 Å². The van der Waals surface area contributed by atoms with Gasteiger partial charge in [0.25, 0.3) is 5.56 Å². The van der Waals surface area contributed by atoms with E-state index in [1.807, 2.05) is 11.4 Å². The lowest BCUT2D eigenvalue weighted by Gasteiger charge is -2.16. The molecular weight excluding hydrogens is 264 g/mol. The first kappa shape index (κ1) is 13.7. The van der Waals surface area contributed by atoms with Gasteiger partial charge in [-0.2, -0.15) is 0 Å². The Morgan fingerprint density at radius 3 is 3.11 bits per heavy atom. The van der Waals surface area contributed by atoms with Crippen molar-refractivity contribution in [2.75, 3.05) is 20.6 Å². The molecule has 2 rings (SSSR count). The smallest absolute Gasteiger partial charge is 0.268 e. The fraction of sp³-hybridized carbons (Fsp3) is 0.417. The Labute approximate surface area is 114 Å². The zero-order valence-electron chi connectivity index (χ0n) is 10.9. The van der Waals surface area contributed by atoms with Crippen LogP contribution in [0.5, 0.6) is 0 Å². The van der Waals surface area contributed by atoms with Crippen molar-refractivity contribution >= 4 is 27.5 Å². The van der Waals surface area contributed by atoms with Crippen LogP contribution in [0, 0.1) is 0 Å². The predicted octanol–water partition coefficient (Wildman–Crippen LogP) is 0.552. The zero-order chi connectivity index (χ0) is 13.8. The molecule has 0 atom stereocenters. The number of fused-ring (bicyclic) bond motifs is 1. The van der Waals surface area contributed by atoms with Gasteiger partial charge in [-0.1, -0.05) is 0 Å². The number of amides is 1. The molecule has 1 amide bonds. The Kier molecular flexibility index (Phi) is 4.28. The maximum Gasteiger partial charge on any atom is 0.268 e. The Balaban J connectivity index is 2.12. The second-order valence-electron chi connectivity index (χ2n) is 4.25. The summed E-state index contributed by atoms with van der Waals surface area (Å²) in [6, 6.07) is 1.81. The first-order valence-corrected chi connectivity index (χ1v) is 6.84. The van der Waals surface area contributed by atoms with Gasteiger partial charge < -0.3 is 15.2 Å². The first-order valence-electron chi connectivity index (χ1n) is 5.97. The van der Waals surface area contributed by atoms with Gasteiger partial charge in [0.05, 0.1) is 12.1 Å². The van der Waals surface area contributed by atoms with Crippen LogP contribution in [0.4, 0.5) is 0 Å². The Morgan fingerprint density at radius 2 is 2.37 bits per heavy atom. The predicted molar refractivity (Wildman–Crippen MR) is 75.3 cm³/mol. The molecule has 2 N–H and O–H groups in total. The second-order valence-corrected chi connectivity index (χ2v) is 5.17. The van der Waals surface area contributed by atoms with Crippen molar-refractivity contribution in [1.29, 1.82) is 0 Å². The monoisotopic (exact) mass is 280 g/mol. The Bertz CT molecular complexity index is 634. The number of thiophene rings is 1. The summed E-state index contributed by atoms with van der Waals surface area (Å²) < 4.78 is 0.618. The Hall–Kier alpha value is -1.73. The minimum atomic E-state index is -0.147. The summed E-state index contributed by atoms with van der Waals surface area (Å²) in [4.78, 5) is 32.2. The summed E-state index contributed by atoms with van der Waals surface area (Å²) in [5.41, 5.74) is 0.533. The third kappa shape index (κ3) is 3.18. The van der Waals surface area contributed by atoms with Gasteiger partial charge >= 0.3 is 0 Å². The molecule has 0 fully saturated rings. The van der Waals surface area contributed by atoms with Gasteiger partial charge in [-0.15, -0.1) is 11.3 Å². The number of carbonyl (C=O) groups excluding carboxylic acids is 1. The number of aromatic nitrogens is 2. The number of carbonyl (C=O) groups is 1. The minimum Gasteiger partial charge on any atom is -0.338 e. The SMILES string of the molecule is CNCCC(=O)N(C)Cc1nc2ccsc2c(=O)[nH]1. The fourth-order valence-electron chi connectivity index (χ4n) is 1.73. The van der Waals surface area contributed by atoms with Crippen LogP contribution in [0.2, 0.25) is 0 Å². The molecule has 0 aliphatic rings. The van der Waals surface area contributed by atoms with Crippen LogP contribution in [0.3, 0.4) is 0 Å². The number of hydrogen-bond donors (Lipinski definition) is 2. The maximum atomic E-state index is 11.8. The third-order valence-electron chi connectivity index (χ3n) is 2.77. The summed E-state index contributed by atoms with van der Waals surface area (Å²) in [6.45, 7) is 0.945. The van der Waals surface area contributed by atoms with Crippen LogP contribution in [0.1, 0.15) is 12.2 Å². The van der Waals surface area contributed by atoms with Gasteiger partial charge in [-0.25, -0.2) is 4.98 Å². The number of H-pyrrole nitrogens is 1. The van der Waals surface area contributed by atoms with Gasteiger partial charge in [0, 0.05) is 20.0 Å². The highest BCUT2D eigenvalue weighted by molar-refractivity contribution is 7.17. The highest BCUT2D eigenvalue weighted by atomic mass is 32.1. The van der Waals surface area contributed by atoms with E-state index < -0.39 is 0 Å². The van der Waals surface area contributed by atoms with Crippen LogP contribution in [-0.2, 0) is 11.3 Å². The summed E-state index contributed by atoms with van der Waals surface area (Å²) in [7, 11) is 3.51. The maximum absolute atomic E-state index is 11.8.